The van der Waals surface area contributed by atoms with Crippen molar-refractivity contribution in [2.24, 2.45) is 0 Å². The third kappa shape index (κ3) is 3.77. The Labute approximate surface area is 111 Å². The topological polar surface area (TPSA) is 49.4 Å². The molecule has 0 aliphatic carbocycles. The number of carbonyl (C=O) groups is 2. The van der Waals surface area contributed by atoms with E-state index in [-0.39, 0.29) is 23.7 Å². The van der Waals surface area contributed by atoms with Gasteiger partial charge in [0.25, 0.3) is 0 Å². The summed E-state index contributed by atoms with van der Waals surface area (Å²) in [5, 5.41) is 2.76. The largest absolute Gasteiger partial charge is 0.351 e. The molecule has 1 heterocycles. The van der Waals surface area contributed by atoms with Gasteiger partial charge in [-0.2, -0.15) is 0 Å². The van der Waals surface area contributed by atoms with Gasteiger partial charge in [-0.05, 0) is 24.1 Å². The Morgan fingerprint density at radius 1 is 1.42 bits per heavy atom. The molecule has 0 bridgehead atoms. The van der Waals surface area contributed by atoms with Gasteiger partial charge in [-0.1, -0.05) is 12.1 Å². The molecule has 1 aromatic rings. The lowest BCUT2D eigenvalue weighted by molar-refractivity contribution is -0.127. The van der Waals surface area contributed by atoms with Crippen LogP contribution < -0.4 is 5.32 Å². The van der Waals surface area contributed by atoms with Crippen molar-refractivity contribution in [2.75, 3.05) is 13.1 Å². The molecule has 0 aromatic heterocycles. The fraction of sp³-hybridized carbons (Fsp3) is 0.429. The quantitative estimate of drug-likeness (QED) is 0.885. The SMILES string of the molecule is CC(=O)N[C@H]1CC(=O)N(CCc2ccc(F)cc2)C1. The molecular weight excluding hydrogens is 247 g/mol. The Hall–Kier alpha value is -1.91. The lowest BCUT2D eigenvalue weighted by atomic mass is 10.1. The van der Waals surface area contributed by atoms with Gasteiger partial charge in [0, 0.05) is 26.4 Å². The number of amides is 2. The molecule has 2 amide bonds. The second-order valence-electron chi connectivity index (χ2n) is 4.82. The van der Waals surface area contributed by atoms with Gasteiger partial charge >= 0.3 is 0 Å². The first-order valence-electron chi connectivity index (χ1n) is 6.34. The van der Waals surface area contributed by atoms with Gasteiger partial charge in [0.1, 0.15) is 5.82 Å². The average Bonchev–Trinajstić information content (AvgIpc) is 2.68. The number of benzene rings is 1. The molecule has 1 N–H and O–H groups in total. The molecule has 1 atom stereocenters. The molecule has 0 spiro atoms. The lowest BCUT2D eigenvalue weighted by Gasteiger charge is -2.16. The molecule has 1 aliphatic rings. The van der Waals surface area contributed by atoms with Crippen LogP contribution in [0.5, 0.6) is 0 Å². The van der Waals surface area contributed by atoms with Crippen LogP contribution in [0.2, 0.25) is 0 Å². The minimum absolute atomic E-state index is 0.0564. The van der Waals surface area contributed by atoms with Gasteiger partial charge in [-0.15, -0.1) is 0 Å². The van der Waals surface area contributed by atoms with Crippen LogP contribution in [0.4, 0.5) is 4.39 Å². The van der Waals surface area contributed by atoms with Crippen molar-refractivity contribution in [1.82, 2.24) is 10.2 Å². The summed E-state index contributed by atoms with van der Waals surface area (Å²) in [7, 11) is 0. The van der Waals surface area contributed by atoms with Crippen LogP contribution in [0, 0.1) is 5.82 Å². The van der Waals surface area contributed by atoms with Crippen LogP contribution in [0.1, 0.15) is 18.9 Å². The maximum atomic E-state index is 12.8. The van der Waals surface area contributed by atoms with Crippen molar-refractivity contribution in [3.05, 3.63) is 35.6 Å². The van der Waals surface area contributed by atoms with E-state index in [1.54, 1.807) is 17.0 Å². The van der Waals surface area contributed by atoms with Gasteiger partial charge in [0.2, 0.25) is 11.8 Å². The number of halogens is 1. The molecule has 0 radical (unpaired) electrons. The number of hydrogen-bond acceptors (Lipinski definition) is 2. The van der Waals surface area contributed by atoms with Gasteiger partial charge in [-0.25, -0.2) is 4.39 Å². The minimum atomic E-state index is -0.258. The number of carbonyl (C=O) groups excluding carboxylic acids is 2. The molecule has 1 fully saturated rings. The van der Waals surface area contributed by atoms with E-state index >= 15 is 0 Å². The molecule has 2 rings (SSSR count). The standard InChI is InChI=1S/C14H17FN2O2/c1-10(18)16-13-8-14(19)17(9-13)7-6-11-2-4-12(15)5-3-11/h2-5,13H,6-9H2,1H3,(H,16,18)/t13-/m0/s1. The van der Waals surface area contributed by atoms with E-state index < -0.39 is 0 Å². The van der Waals surface area contributed by atoms with Crippen LogP contribution in [0.15, 0.2) is 24.3 Å². The maximum Gasteiger partial charge on any atom is 0.224 e. The van der Waals surface area contributed by atoms with Crippen molar-refractivity contribution in [3.63, 3.8) is 0 Å². The highest BCUT2D eigenvalue weighted by Gasteiger charge is 2.29. The molecule has 1 saturated heterocycles. The zero-order chi connectivity index (χ0) is 13.8. The summed E-state index contributed by atoms with van der Waals surface area (Å²) < 4.78 is 12.8. The summed E-state index contributed by atoms with van der Waals surface area (Å²) in [4.78, 5) is 24.4. The summed E-state index contributed by atoms with van der Waals surface area (Å²) >= 11 is 0. The van der Waals surface area contributed by atoms with Crippen molar-refractivity contribution in [3.8, 4) is 0 Å². The second kappa shape index (κ2) is 5.82. The molecule has 0 unspecified atom stereocenters. The monoisotopic (exact) mass is 264 g/mol. The number of rotatable bonds is 4. The summed E-state index contributed by atoms with van der Waals surface area (Å²) in [5.41, 5.74) is 0.997. The summed E-state index contributed by atoms with van der Waals surface area (Å²) in [6, 6.07) is 6.20. The molecule has 102 valence electrons. The van der Waals surface area contributed by atoms with Gasteiger partial charge in [0.15, 0.2) is 0 Å². The Bertz CT molecular complexity index is 473. The summed E-state index contributed by atoms with van der Waals surface area (Å²) in [5.74, 6) is -0.314. The average molecular weight is 264 g/mol. The highest BCUT2D eigenvalue weighted by molar-refractivity contribution is 5.81. The first-order valence-corrected chi connectivity index (χ1v) is 6.34. The molecular formula is C14H17FN2O2. The number of hydrogen-bond donors (Lipinski definition) is 1. The normalized spacial score (nSPS) is 18.7. The summed E-state index contributed by atoms with van der Waals surface area (Å²) in [6.07, 6.45) is 1.06. The van der Waals surface area contributed by atoms with Gasteiger partial charge < -0.3 is 10.2 Å². The van der Waals surface area contributed by atoms with Crippen LogP contribution in [-0.2, 0) is 16.0 Å². The van der Waals surface area contributed by atoms with Crippen LogP contribution in [0.3, 0.4) is 0 Å². The van der Waals surface area contributed by atoms with Crippen molar-refractivity contribution in [2.45, 2.75) is 25.8 Å². The van der Waals surface area contributed by atoms with Crippen LogP contribution in [-0.4, -0.2) is 35.8 Å². The van der Waals surface area contributed by atoms with E-state index in [0.717, 1.165) is 5.56 Å². The fourth-order valence-corrected chi connectivity index (χ4v) is 2.29. The first kappa shape index (κ1) is 13.5. The van der Waals surface area contributed by atoms with Crippen molar-refractivity contribution < 1.29 is 14.0 Å². The highest BCUT2D eigenvalue weighted by atomic mass is 19.1. The zero-order valence-corrected chi connectivity index (χ0v) is 10.9. The first-order chi connectivity index (χ1) is 9.04. The predicted molar refractivity (Wildman–Crippen MR) is 68.9 cm³/mol. The Kier molecular flexibility index (Phi) is 4.14. The number of nitrogens with zero attached hydrogens (tertiary/aromatic N) is 1. The zero-order valence-electron chi connectivity index (χ0n) is 10.9. The Morgan fingerprint density at radius 3 is 2.74 bits per heavy atom. The number of likely N-dealkylation sites (tertiary alicyclic amines) is 1. The van der Waals surface area contributed by atoms with E-state index in [4.69, 9.17) is 0 Å². The molecule has 1 aliphatic heterocycles. The predicted octanol–water partition coefficient (Wildman–Crippen LogP) is 1.11. The van der Waals surface area contributed by atoms with E-state index in [2.05, 4.69) is 5.32 Å². The van der Waals surface area contributed by atoms with Crippen molar-refractivity contribution >= 4 is 11.8 Å². The summed E-state index contributed by atoms with van der Waals surface area (Å²) in [6.45, 7) is 2.60. The molecule has 5 heteroatoms. The van der Waals surface area contributed by atoms with E-state index in [9.17, 15) is 14.0 Å². The molecule has 4 nitrogen and oxygen atoms in total. The second-order valence-corrected chi connectivity index (χ2v) is 4.82. The highest BCUT2D eigenvalue weighted by Crippen LogP contribution is 2.12. The van der Waals surface area contributed by atoms with Crippen LogP contribution >= 0.6 is 0 Å². The molecule has 19 heavy (non-hydrogen) atoms. The Balaban J connectivity index is 1.84. The van der Waals surface area contributed by atoms with E-state index in [1.807, 2.05) is 0 Å². The smallest absolute Gasteiger partial charge is 0.224 e. The molecule has 0 saturated carbocycles. The minimum Gasteiger partial charge on any atom is -0.351 e. The van der Waals surface area contributed by atoms with E-state index in [1.165, 1.54) is 19.1 Å². The fourth-order valence-electron chi connectivity index (χ4n) is 2.29. The van der Waals surface area contributed by atoms with Crippen molar-refractivity contribution in [1.29, 1.82) is 0 Å². The maximum absolute atomic E-state index is 12.8. The Morgan fingerprint density at radius 2 is 2.11 bits per heavy atom. The third-order valence-corrected chi connectivity index (χ3v) is 3.21. The number of nitrogens with one attached hydrogen (secondary N) is 1. The lowest BCUT2D eigenvalue weighted by Crippen LogP contribution is -2.36. The van der Waals surface area contributed by atoms with E-state index in [0.29, 0.717) is 25.9 Å². The van der Waals surface area contributed by atoms with Crippen LogP contribution in [0.25, 0.3) is 0 Å². The third-order valence-electron chi connectivity index (χ3n) is 3.21. The van der Waals surface area contributed by atoms with Gasteiger partial charge in [0.05, 0.1) is 6.04 Å². The molecule has 1 aromatic carbocycles. The van der Waals surface area contributed by atoms with Gasteiger partial charge in [-0.3, -0.25) is 9.59 Å².